The van der Waals surface area contributed by atoms with Gasteiger partial charge in [-0.05, 0) is 56.6 Å². The van der Waals surface area contributed by atoms with Gasteiger partial charge in [-0.15, -0.1) is 0 Å². The van der Waals surface area contributed by atoms with Gasteiger partial charge >= 0.3 is 0 Å². The molecule has 2 fully saturated rings. The van der Waals surface area contributed by atoms with Crippen LogP contribution >= 0.6 is 0 Å². The predicted molar refractivity (Wildman–Crippen MR) is 77.6 cm³/mol. The molecule has 0 amide bonds. The second-order valence-corrected chi connectivity index (χ2v) is 5.93. The summed E-state index contributed by atoms with van der Waals surface area (Å²) in [7, 11) is 0. The lowest BCUT2D eigenvalue weighted by molar-refractivity contribution is 0.424. The summed E-state index contributed by atoms with van der Waals surface area (Å²) in [6.07, 6.45) is 9.74. The van der Waals surface area contributed by atoms with E-state index in [0.29, 0.717) is 0 Å². The molecule has 1 aromatic carbocycles. The fourth-order valence-electron chi connectivity index (χ4n) is 3.71. The number of para-hydroxylation sites is 1. The SMILES string of the molecule is Cc1ccccc1/N=C1/CCCC1C1CCCC1. The van der Waals surface area contributed by atoms with Crippen molar-refractivity contribution in [1.29, 1.82) is 0 Å². The van der Waals surface area contributed by atoms with Crippen LogP contribution in [0.3, 0.4) is 0 Å². The average Bonchev–Trinajstić information content (AvgIpc) is 3.02. The number of hydrogen-bond donors (Lipinski definition) is 0. The van der Waals surface area contributed by atoms with Crippen LogP contribution in [-0.4, -0.2) is 5.71 Å². The van der Waals surface area contributed by atoms with E-state index in [-0.39, 0.29) is 0 Å². The highest BCUT2D eigenvalue weighted by Gasteiger charge is 2.32. The van der Waals surface area contributed by atoms with Crippen molar-refractivity contribution in [2.24, 2.45) is 16.8 Å². The van der Waals surface area contributed by atoms with Gasteiger partial charge < -0.3 is 0 Å². The molecule has 0 spiro atoms. The third kappa shape index (κ3) is 2.36. The topological polar surface area (TPSA) is 12.4 Å². The van der Waals surface area contributed by atoms with E-state index in [1.807, 2.05) is 0 Å². The number of rotatable bonds is 2. The van der Waals surface area contributed by atoms with Crippen molar-refractivity contribution in [3.05, 3.63) is 29.8 Å². The van der Waals surface area contributed by atoms with E-state index < -0.39 is 0 Å². The standard InChI is InChI=1S/C17H23N/c1-13-7-2-5-11-16(13)18-17-12-6-10-15(17)14-8-3-4-9-14/h2,5,7,11,14-15H,3-4,6,8-10,12H2,1H3/b18-17-. The first-order chi connectivity index (χ1) is 8.84. The Hall–Kier alpha value is -1.11. The molecule has 1 nitrogen and oxygen atoms in total. The maximum absolute atomic E-state index is 5.00. The molecule has 0 heterocycles. The number of aryl methyl sites for hydroxylation is 1. The van der Waals surface area contributed by atoms with Crippen LogP contribution in [0.2, 0.25) is 0 Å². The minimum Gasteiger partial charge on any atom is -0.257 e. The first-order valence-corrected chi connectivity index (χ1v) is 7.47. The molecule has 1 atom stereocenters. The van der Waals surface area contributed by atoms with Gasteiger partial charge in [0, 0.05) is 11.6 Å². The number of nitrogens with zero attached hydrogens (tertiary/aromatic N) is 1. The minimum atomic E-state index is 0.798. The van der Waals surface area contributed by atoms with Gasteiger partial charge in [0.15, 0.2) is 0 Å². The normalized spacial score (nSPS) is 27.2. The molecule has 2 aliphatic carbocycles. The molecule has 1 unspecified atom stereocenters. The molecule has 0 aliphatic heterocycles. The molecule has 2 saturated carbocycles. The van der Waals surface area contributed by atoms with Crippen LogP contribution in [0.25, 0.3) is 0 Å². The van der Waals surface area contributed by atoms with Gasteiger partial charge in [0.25, 0.3) is 0 Å². The summed E-state index contributed by atoms with van der Waals surface area (Å²) in [5.74, 6) is 1.74. The Labute approximate surface area is 110 Å². The van der Waals surface area contributed by atoms with Crippen LogP contribution in [0, 0.1) is 18.8 Å². The lowest BCUT2D eigenvalue weighted by atomic mass is 9.88. The Morgan fingerprint density at radius 3 is 2.56 bits per heavy atom. The lowest BCUT2D eigenvalue weighted by Crippen LogP contribution is -2.16. The molecule has 96 valence electrons. The third-order valence-electron chi connectivity index (χ3n) is 4.72. The highest BCUT2D eigenvalue weighted by Crippen LogP contribution is 2.40. The molecule has 1 heteroatoms. The number of benzene rings is 1. The van der Waals surface area contributed by atoms with E-state index in [1.165, 1.54) is 61.9 Å². The second-order valence-electron chi connectivity index (χ2n) is 5.93. The van der Waals surface area contributed by atoms with Gasteiger partial charge in [0.2, 0.25) is 0 Å². The molecule has 1 aromatic rings. The van der Waals surface area contributed by atoms with Crippen LogP contribution in [0.15, 0.2) is 29.3 Å². The Morgan fingerprint density at radius 1 is 1.00 bits per heavy atom. The van der Waals surface area contributed by atoms with E-state index in [0.717, 1.165) is 11.8 Å². The van der Waals surface area contributed by atoms with Gasteiger partial charge in [0.05, 0.1) is 5.69 Å². The number of hydrogen-bond acceptors (Lipinski definition) is 1. The summed E-state index contributed by atoms with van der Waals surface area (Å²) in [6, 6.07) is 8.53. The Balaban J connectivity index is 1.84. The number of aliphatic imine (C=N–C) groups is 1. The van der Waals surface area contributed by atoms with E-state index >= 15 is 0 Å². The molecule has 0 aromatic heterocycles. The van der Waals surface area contributed by atoms with Crippen molar-refractivity contribution >= 4 is 11.4 Å². The zero-order valence-electron chi connectivity index (χ0n) is 11.4. The summed E-state index contributed by atoms with van der Waals surface area (Å²) in [4.78, 5) is 5.00. The average molecular weight is 241 g/mol. The van der Waals surface area contributed by atoms with Crippen molar-refractivity contribution < 1.29 is 0 Å². The molecule has 0 bridgehead atoms. The summed E-state index contributed by atoms with van der Waals surface area (Å²) in [5, 5.41) is 0. The quantitative estimate of drug-likeness (QED) is 0.686. The van der Waals surface area contributed by atoms with E-state index in [2.05, 4.69) is 31.2 Å². The van der Waals surface area contributed by atoms with E-state index in [4.69, 9.17) is 4.99 Å². The largest absolute Gasteiger partial charge is 0.257 e. The highest BCUT2D eigenvalue weighted by atomic mass is 14.8. The first kappa shape index (κ1) is 12.0. The van der Waals surface area contributed by atoms with Gasteiger partial charge in [0.1, 0.15) is 0 Å². The molecule has 0 radical (unpaired) electrons. The Morgan fingerprint density at radius 2 is 1.78 bits per heavy atom. The van der Waals surface area contributed by atoms with Crippen molar-refractivity contribution in [3.8, 4) is 0 Å². The summed E-state index contributed by atoms with van der Waals surface area (Å²) < 4.78 is 0. The molecule has 0 saturated heterocycles. The zero-order chi connectivity index (χ0) is 12.4. The molecule has 0 N–H and O–H groups in total. The van der Waals surface area contributed by atoms with Gasteiger partial charge in [-0.25, -0.2) is 0 Å². The maximum Gasteiger partial charge on any atom is 0.0658 e. The monoisotopic (exact) mass is 241 g/mol. The van der Waals surface area contributed by atoms with E-state index in [9.17, 15) is 0 Å². The van der Waals surface area contributed by atoms with Crippen LogP contribution < -0.4 is 0 Å². The fraction of sp³-hybridized carbons (Fsp3) is 0.588. The lowest BCUT2D eigenvalue weighted by Gasteiger charge is -2.19. The van der Waals surface area contributed by atoms with Crippen LogP contribution in [0.4, 0.5) is 5.69 Å². The second kappa shape index (κ2) is 5.26. The van der Waals surface area contributed by atoms with E-state index in [1.54, 1.807) is 0 Å². The fourth-order valence-corrected chi connectivity index (χ4v) is 3.71. The Bertz CT molecular complexity index is 441. The molecular formula is C17H23N. The zero-order valence-corrected chi connectivity index (χ0v) is 11.4. The molecule has 2 aliphatic rings. The maximum atomic E-state index is 5.00. The van der Waals surface area contributed by atoms with Gasteiger partial charge in [-0.3, -0.25) is 4.99 Å². The summed E-state index contributed by atoms with van der Waals surface area (Å²) in [6.45, 7) is 2.17. The highest BCUT2D eigenvalue weighted by molar-refractivity contribution is 5.91. The van der Waals surface area contributed by atoms with Gasteiger partial charge in [-0.2, -0.15) is 0 Å². The van der Waals surface area contributed by atoms with Crippen LogP contribution in [-0.2, 0) is 0 Å². The summed E-state index contributed by atoms with van der Waals surface area (Å²) >= 11 is 0. The summed E-state index contributed by atoms with van der Waals surface area (Å²) in [5.41, 5.74) is 4.00. The third-order valence-corrected chi connectivity index (χ3v) is 4.72. The van der Waals surface area contributed by atoms with Crippen molar-refractivity contribution in [1.82, 2.24) is 0 Å². The van der Waals surface area contributed by atoms with Crippen LogP contribution in [0.5, 0.6) is 0 Å². The minimum absolute atomic E-state index is 0.798. The molecule has 18 heavy (non-hydrogen) atoms. The smallest absolute Gasteiger partial charge is 0.0658 e. The Kier molecular flexibility index (Phi) is 3.49. The van der Waals surface area contributed by atoms with Crippen molar-refractivity contribution in [2.75, 3.05) is 0 Å². The van der Waals surface area contributed by atoms with Crippen molar-refractivity contribution in [3.63, 3.8) is 0 Å². The van der Waals surface area contributed by atoms with Crippen LogP contribution in [0.1, 0.15) is 50.5 Å². The molecule has 3 rings (SSSR count). The first-order valence-electron chi connectivity index (χ1n) is 7.47. The molecular weight excluding hydrogens is 218 g/mol. The van der Waals surface area contributed by atoms with Gasteiger partial charge in [-0.1, -0.05) is 31.0 Å². The van der Waals surface area contributed by atoms with Crippen molar-refractivity contribution in [2.45, 2.75) is 51.9 Å². The predicted octanol–water partition coefficient (Wildman–Crippen LogP) is 5.06.